The van der Waals surface area contributed by atoms with Crippen LogP contribution in [-0.2, 0) is 14.3 Å². The summed E-state index contributed by atoms with van der Waals surface area (Å²) in [7, 11) is 0. The average Bonchev–Trinajstić information content (AvgIpc) is 3.06. The highest BCUT2D eigenvalue weighted by atomic mass is 16.5. The molecule has 2 aromatic rings. The van der Waals surface area contributed by atoms with Crippen molar-refractivity contribution in [1.82, 2.24) is 10.2 Å². The summed E-state index contributed by atoms with van der Waals surface area (Å²) in [5.74, 6) is 0.334. The van der Waals surface area contributed by atoms with E-state index in [1.165, 1.54) is 0 Å². The van der Waals surface area contributed by atoms with Gasteiger partial charge in [0, 0.05) is 24.5 Å². The van der Waals surface area contributed by atoms with Crippen molar-refractivity contribution in [3.8, 4) is 0 Å². The van der Waals surface area contributed by atoms with Crippen LogP contribution in [-0.4, -0.2) is 62.0 Å². The van der Waals surface area contributed by atoms with E-state index in [0.29, 0.717) is 48.2 Å². The lowest BCUT2D eigenvalue weighted by atomic mass is 10.2. The zero-order valence-electron chi connectivity index (χ0n) is 17.1. The highest BCUT2D eigenvalue weighted by molar-refractivity contribution is 6.00. The first-order valence-electron chi connectivity index (χ1n) is 9.76. The Labute approximate surface area is 174 Å². The van der Waals surface area contributed by atoms with E-state index in [9.17, 15) is 14.4 Å². The Morgan fingerprint density at radius 1 is 0.967 bits per heavy atom. The standard InChI is InChI=1S/C21H26N4O5/c1-14-11-18(15(2)30-14)21(28)22-12-19(26)23-16-3-5-17(6-4-16)24-20(27)13-25-7-9-29-10-8-25/h3-6,11H,7-10,12-13H2,1-2H3,(H,22,28)(H,23,26)(H,24,27). The van der Waals surface area contributed by atoms with Crippen molar-refractivity contribution < 1.29 is 23.5 Å². The Kier molecular flexibility index (Phi) is 7.21. The number of rotatable bonds is 7. The van der Waals surface area contributed by atoms with Gasteiger partial charge in [0.15, 0.2) is 0 Å². The minimum absolute atomic E-state index is 0.0961. The maximum absolute atomic E-state index is 12.1. The molecule has 2 heterocycles. The number of carbonyl (C=O) groups is 3. The molecule has 160 valence electrons. The second kappa shape index (κ2) is 10.0. The first kappa shape index (κ1) is 21.5. The predicted molar refractivity (Wildman–Crippen MR) is 111 cm³/mol. The second-order valence-electron chi connectivity index (χ2n) is 7.07. The van der Waals surface area contributed by atoms with Crippen LogP contribution in [0.1, 0.15) is 21.9 Å². The smallest absolute Gasteiger partial charge is 0.255 e. The van der Waals surface area contributed by atoms with Crippen LogP contribution in [0.4, 0.5) is 11.4 Å². The van der Waals surface area contributed by atoms with Crippen molar-refractivity contribution in [1.29, 1.82) is 0 Å². The number of benzene rings is 1. The van der Waals surface area contributed by atoms with Gasteiger partial charge in [-0.05, 0) is 44.2 Å². The zero-order chi connectivity index (χ0) is 21.5. The zero-order valence-corrected chi connectivity index (χ0v) is 17.1. The molecule has 3 rings (SSSR count). The van der Waals surface area contributed by atoms with E-state index in [-0.39, 0.29) is 24.3 Å². The summed E-state index contributed by atoms with van der Waals surface area (Å²) in [6.07, 6.45) is 0. The number of furan rings is 1. The van der Waals surface area contributed by atoms with Crippen LogP contribution in [0.25, 0.3) is 0 Å². The lowest BCUT2D eigenvalue weighted by Crippen LogP contribution is -2.41. The molecule has 0 unspecified atom stereocenters. The molecular weight excluding hydrogens is 388 g/mol. The summed E-state index contributed by atoms with van der Waals surface area (Å²) < 4.78 is 10.6. The highest BCUT2D eigenvalue weighted by Crippen LogP contribution is 2.15. The molecule has 9 heteroatoms. The quantitative estimate of drug-likeness (QED) is 0.633. The van der Waals surface area contributed by atoms with Crippen LogP contribution in [0.15, 0.2) is 34.7 Å². The van der Waals surface area contributed by atoms with E-state index >= 15 is 0 Å². The van der Waals surface area contributed by atoms with Gasteiger partial charge in [0.2, 0.25) is 11.8 Å². The molecule has 0 atom stereocenters. The summed E-state index contributed by atoms with van der Waals surface area (Å²) >= 11 is 0. The fraction of sp³-hybridized carbons (Fsp3) is 0.381. The number of ether oxygens (including phenoxy) is 1. The van der Waals surface area contributed by atoms with E-state index in [0.717, 1.165) is 13.1 Å². The average molecular weight is 414 g/mol. The summed E-state index contributed by atoms with van der Waals surface area (Å²) in [5.41, 5.74) is 1.62. The van der Waals surface area contributed by atoms with Gasteiger partial charge in [-0.3, -0.25) is 19.3 Å². The van der Waals surface area contributed by atoms with E-state index in [1.54, 1.807) is 44.2 Å². The van der Waals surface area contributed by atoms with E-state index in [2.05, 4.69) is 16.0 Å². The van der Waals surface area contributed by atoms with Gasteiger partial charge < -0.3 is 25.1 Å². The third-order valence-electron chi connectivity index (χ3n) is 4.62. The summed E-state index contributed by atoms with van der Waals surface area (Å²) in [6.45, 7) is 6.38. The Bertz CT molecular complexity index is 901. The Morgan fingerprint density at radius 2 is 1.57 bits per heavy atom. The maximum atomic E-state index is 12.1. The predicted octanol–water partition coefficient (Wildman–Crippen LogP) is 1.54. The van der Waals surface area contributed by atoms with Gasteiger partial charge >= 0.3 is 0 Å². The van der Waals surface area contributed by atoms with Gasteiger partial charge in [0.1, 0.15) is 11.5 Å². The topological polar surface area (TPSA) is 113 Å². The normalized spacial score (nSPS) is 14.2. The van der Waals surface area contributed by atoms with Crippen molar-refractivity contribution in [2.45, 2.75) is 13.8 Å². The number of amides is 3. The van der Waals surface area contributed by atoms with Gasteiger partial charge in [-0.15, -0.1) is 0 Å². The molecular formula is C21H26N4O5. The van der Waals surface area contributed by atoms with E-state index in [4.69, 9.17) is 9.15 Å². The molecule has 0 spiro atoms. The molecule has 30 heavy (non-hydrogen) atoms. The molecule has 1 aliphatic heterocycles. The molecule has 0 saturated carbocycles. The number of nitrogens with one attached hydrogen (secondary N) is 3. The Hall–Kier alpha value is -3.17. The first-order chi connectivity index (χ1) is 14.4. The minimum atomic E-state index is -0.363. The number of hydrogen-bond donors (Lipinski definition) is 3. The summed E-state index contributed by atoms with van der Waals surface area (Å²) in [4.78, 5) is 38.4. The van der Waals surface area contributed by atoms with Crippen molar-refractivity contribution in [2.75, 3.05) is 50.0 Å². The van der Waals surface area contributed by atoms with Crippen molar-refractivity contribution in [3.63, 3.8) is 0 Å². The Morgan fingerprint density at radius 3 is 2.13 bits per heavy atom. The summed E-state index contributed by atoms with van der Waals surface area (Å²) in [5, 5.41) is 8.11. The molecule has 1 saturated heterocycles. The van der Waals surface area contributed by atoms with Gasteiger partial charge in [0.05, 0.1) is 31.9 Å². The van der Waals surface area contributed by atoms with Gasteiger partial charge in [-0.1, -0.05) is 0 Å². The number of aryl methyl sites for hydroxylation is 2. The van der Waals surface area contributed by atoms with Gasteiger partial charge in [0.25, 0.3) is 5.91 Å². The molecule has 3 amide bonds. The van der Waals surface area contributed by atoms with E-state index < -0.39 is 0 Å². The van der Waals surface area contributed by atoms with Crippen molar-refractivity contribution >= 4 is 29.1 Å². The fourth-order valence-electron chi connectivity index (χ4n) is 3.12. The SMILES string of the molecule is Cc1cc(C(=O)NCC(=O)Nc2ccc(NC(=O)CN3CCOCC3)cc2)c(C)o1. The monoisotopic (exact) mass is 414 g/mol. The van der Waals surface area contributed by atoms with Crippen LogP contribution in [0.5, 0.6) is 0 Å². The molecule has 0 radical (unpaired) electrons. The van der Waals surface area contributed by atoms with Gasteiger partial charge in [-0.25, -0.2) is 0 Å². The fourth-order valence-corrected chi connectivity index (χ4v) is 3.12. The first-order valence-corrected chi connectivity index (χ1v) is 9.76. The number of anilines is 2. The lowest BCUT2D eigenvalue weighted by Gasteiger charge is -2.25. The largest absolute Gasteiger partial charge is 0.466 e. The van der Waals surface area contributed by atoms with Crippen LogP contribution in [0.2, 0.25) is 0 Å². The number of hydrogen-bond acceptors (Lipinski definition) is 6. The molecule has 0 aliphatic carbocycles. The molecule has 1 aliphatic rings. The maximum Gasteiger partial charge on any atom is 0.255 e. The number of nitrogens with zero attached hydrogens (tertiary/aromatic N) is 1. The van der Waals surface area contributed by atoms with Gasteiger partial charge in [-0.2, -0.15) is 0 Å². The molecule has 1 aromatic carbocycles. The summed E-state index contributed by atoms with van der Waals surface area (Å²) in [6, 6.07) is 8.43. The lowest BCUT2D eigenvalue weighted by molar-refractivity contribution is -0.118. The number of carbonyl (C=O) groups excluding carboxylic acids is 3. The third kappa shape index (κ3) is 6.16. The van der Waals surface area contributed by atoms with Crippen LogP contribution in [0.3, 0.4) is 0 Å². The second-order valence-corrected chi connectivity index (χ2v) is 7.07. The molecule has 0 bridgehead atoms. The minimum Gasteiger partial charge on any atom is -0.466 e. The molecule has 1 fully saturated rings. The van der Waals surface area contributed by atoms with Crippen LogP contribution < -0.4 is 16.0 Å². The highest BCUT2D eigenvalue weighted by Gasteiger charge is 2.15. The number of morpholine rings is 1. The van der Waals surface area contributed by atoms with Crippen molar-refractivity contribution in [2.24, 2.45) is 0 Å². The van der Waals surface area contributed by atoms with Crippen LogP contribution >= 0.6 is 0 Å². The molecule has 9 nitrogen and oxygen atoms in total. The third-order valence-corrected chi connectivity index (χ3v) is 4.62. The molecule has 3 N–H and O–H groups in total. The van der Waals surface area contributed by atoms with E-state index in [1.807, 2.05) is 4.90 Å². The van der Waals surface area contributed by atoms with Crippen molar-refractivity contribution in [3.05, 3.63) is 47.4 Å². The van der Waals surface area contributed by atoms with Crippen LogP contribution in [0, 0.1) is 13.8 Å². The Balaban J connectivity index is 1.43. The molecule has 1 aromatic heterocycles.